The molecule has 2 aromatic rings. The van der Waals surface area contributed by atoms with Crippen LogP contribution in [0.1, 0.15) is 0 Å². The summed E-state index contributed by atoms with van der Waals surface area (Å²) in [6.45, 7) is 0. The molecular formula is C14H10N2O2. The molecule has 0 bridgehead atoms. The van der Waals surface area contributed by atoms with Crippen LogP contribution in [0.3, 0.4) is 0 Å². The van der Waals surface area contributed by atoms with Gasteiger partial charge in [-0.1, -0.05) is 24.3 Å². The quantitative estimate of drug-likeness (QED) is 0.584. The highest BCUT2D eigenvalue weighted by atomic mass is 16.2. The molecule has 0 radical (unpaired) electrons. The third-order valence-electron chi connectivity index (χ3n) is 3.16. The Hall–Kier alpha value is -2.62. The Balaban J connectivity index is 2.62. The van der Waals surface area contributed by atoms with Gasteiger partial charge in [0.1, 0.15) is 0 Å². The summed E-state index contributed by atoms with van der Waals surface area (Å²) < 4.78 is 0. The number of carbonyl (C=O) groups is 2. The van der Waals surface area contributed by atoms with Crippen molar-refractivity contribution in [1.82, 2.24) is 0 Å². The van der Waals surface area contributed by atoms with Gasteiger partial charge in [-0.15, -0.1) is 0 Å². The highest BCUT2D eigenvalue weighted by Gasteiger charge is 2.25. The highest BCUT2D eigenvalue weighted by molar-refractivity contribution is 6.62. The zero-order chi connectivity index (χ0) is 12.9. The number of nitrogens with two attached hydrogens (primary N) is 2. The summed E-state index contributed by atoms with van der Waals surface area (Å²) in [7, 11) is 0. The summed E-state index contributed by atoms with van der Waals surface area (Å²) in [5.41, 5.74) is 11.4. The van der Waals surface area contributed by atoms with E-state index in [9.17, 15) is 9.59 Å². The van der Waals surface area contributed by atoms with Crippen molar-refractivity contribution < 1.29 is 9.59 Å². The summed E-state index contributed by atoms with van der Waals surface area (Å²) in [5, 5.41) is 2.98. The van der Waals surface area contributed by atoms with Crippen molar-refractivity contribution in [2.24, 2.45) is 11.5 Å². The molecule has 0 spiro atoms. The van der Waals surface area contributed by atoms with Gasteiger partial charge in [0.15, 0.2) is 0 Å². The number of fused-ring (bicyclic) bond motifs is 2. The average molecular weight is 238 g/mol. The SMILES string of the molecule is NC1=c2cc3ccccc3cc2=C(N)C(=O)C1=O. The summed E-state index contributed by atoms with van der Waals surface area (Å²) in [5.74, 6) is -1.45. The van der Waals surface area contributed by atoms with E-state index in [1.54, 1.807) is 12.1 Å². The third kappa shape index (κ3) is 1.26. The molecule has 2 aromatic carbocycles. The van der Waals surface area contributed by atoms with Crippen LogP contribution >= 0.6 is 0 Å². The van der Waals surface area contributed by atoms with Crippen LogP contribution in [-0.2, 0) is 9.59 Å². The normalized spacial score (nSPS) is 15.1. The molecule has 0 aliphatic heterocycles. The first-order chi connectivity index (χ1) is 8.59. The predicted octanol–water partition coefficient (Wildman–Crippen LogP) is -0.875. The molecule has 0 unspecified atom stereocenters. The maximum atomic E-state index is 11.6. The monoisotopic (exact) mass is 238 g/mol. The molecule has 88 valence electrons. The number of carbonyl (C=O) groups excluding carboxylic acids is 2. The smallest absolute Gasteiger partial charge is 0.251 e. The van der Waals surface area contributed by atoms with Crippen LogP contribution in [0.2, 0.25) is 0 Å². The van der Waals surface area contributed by atoms with Crippen molar-refractivity contribution >= 4 is 33.7 Å². The fourth-order valence-corrected chi connectivity index (χ4v) is 2.18. The lowest BCUT2D eigenvalue weighted by atomic mass is 9.97. The standard InChI is InChI=1S/C14H10N2O2/c15-11-9-5-7-3-1-2-4-8(7)6-10(9)12(16)14(18)13(11)17/h1-6H,15-16H2. The fraction of sp³-hybridized carbons (Fsp3) is 0. The van der Waals surface area contributed by atoms with E-state index in [4.69, 9.17) is 11.5 Å². The van der Waals surface area contributed by atoms with E-state index in [0.29, 0.717) is 10.4 Å². The Bertz CT molecular complexity index is 764. The second-order valence-electron chi connectivity index (χ2n) is 4.23. The van der Waals surface area contributed by atoms with Gasteiger partial charge in [-0.2, -0.15) is 0 Å². The molecule has 4 N–H and O–H groups in total. The molecule has 4 nitrogen and oxygen atoms in total. The second-order valence-corrected chi connectivity index (χ2v) is 4.23. The van der Waals surface area contributed by atoms with E-state index in [2.05, 4.69) is 0 Å². The number of hydrogen-bond donors (Lipinski definition) is 2. The van der Waals surface area contributed by atoms with Crippen molar-refractivity contribution in [1.29, 1.82) is 0 Å². The molecule has 0 saturated heterocycles. The summed E-state index contributed by atoms with van der Waals surface area (Å²) >= 11 is 0. The first-order valence-electron chi connectivity index (χ1n) is 5.47. The van der Waals surface area contributed by atoms with Crippen LogP contribution in [0.4, 0.5) is 0 Å². The van der Waals surface area contributed by atoms with Crippen molar-refractivity contribution in [3.63, 3.8) is 0 Å². The Labute approximate surface area is 102 Å². The van der Waals surface area contributed by atoms with Gasteiger partial charge < -0.3 is 11.5 Å². The molecule has 18 heavy (non-hydrogen) atoms. The van der Waals surface area contributed by atoms with E-state index in [1.807, 2.05) is 24.3 Å². The van der Waals surface area contributed by atoms with E-state index in [0.717, 1.165) is 10.8 Å². The van der Waals surface area contributed by atoms with Gasteiger partial charge >= 0.3 is 0 Å². The topological polar surface area (TPSA) is 86.2 Å². The van der Waals surface area contributed by atoms with Crippen LogP contribution in [0.5, 0.6) is 0 Å². The van der Waals surface area contributed by atoms with Crippen LogP contribution in [0.25, 0.3) is 22.2 Å². The molecule has 0 fully saturated rings. The number of hydrogen-bond acceptors (Lipinski definition) is 4. The van der Waals surface area contributed by atoms with E-state index >= 15 is 0 Å². The van der Waals surface area contributed by atoms with Gasteiger partial charge in [-0.3, -0.25) is 9.59 Å². The minimum absolute atomic E-state index is 0.0325. The number of rotatable bonds is 0. The summed E-state index contributed by atoms with van der Waals surface area (Å²) in [6, 6.07) is 11.2. The Morgan fingerprint density at radius 1 is 0.722 bits per heavy atom. The molecule has 1 aliphatic carbocycles. The molecule has 4 heteroatoms. The molecule has 0 aromatic heterocycles. The van der Waals surface area contributed by atoms with Crippen molar-refractivity contribution in [3.8, 4) is 0 Å². The van der Waals surface area contributed by atoms with Gasteiger partial charge in [0.2, 0.25) is 0 Å². The van der Waals surface area contributed by atoms with Gasteiger partial charge in [-0.05, 0) is 22.9 Å². The Morgan fingerprint density at radius 3 is 1.50 bits per heavy atom. The van der Waals surface area contributed by atoms with Crippen molar-refractivity contribution in [3.05, 3.63) is 46.8 Å². The van der Waals surface area contributed by atoms with E-state index in [-0.39, 0.29) is 11.4 Å². The maximum absolute atomic E-state index is 11.6. The fourth-order valence-electron chi connectivity index (χ4n) is 2.18. The zero-order valence-corrected chi connectivity index (χ0v) is 9.44. The van der Waals surface area contributed by atoms with Crippen LogP contribution < -0.4 is 21.9 Å². The van der Waals surface area contributed by atoms with Crippen LogP contribution in [-0.4, -0.2) is 11.6 Å². The molecule has 1 aliphatic rings. The lowest BCUT2D eigenvalue weighted by Crippen LogP contribution is -2.45. The predicted molar refractivity (Wildman–Crippen MR) is 68.4 cm³/mol. The van der Waals surface area contributed by atoms with Gasteiger partial charge in [0, 0.05) is 10.4 Å². The van der Waals surface area contributed by atoms with E-state index in [1.165, 1.54) is 0 Å². The van der Waals surface area contributed by atoms with Gasteiger partial charge in [0.25, 0.3) is 11.6 Å². The first kappa shape index (κ1) is 10.5. The number of Topliss-reactive ketones (excluding diaryl/α,β-unsaturated/α-hetero) is 2. The molecule has 3 rings (SSSR count). The number of ketones is 2. The molecule has 0 atom stereocenters. The zero-order valence-electron chi connectivity index (χ0n) is 9.44. The summed E-state index contributed by atoms with van der Waals surface area (Å²) in [4.78, 5) is 23.2. The Morgan fingerprint density at radius 2 is 1.11 bits per heavy atom. The highest BCUT2D eigenvalue weighted by Crippen LogP contribution is 2.10. The minimum atomic E-state index is -0.727. The number of benzene rings is 2. The molecule has 0 saturated carbocycles. The molecule has 0 heterocycles. The lowest BCUT2D eigenvalue weighted by molar-refractivity contribution is -0.130. The second kappa shape index (κ2) is 3.43. The average Bonchev–Trinajstić information content (AvgIpc) is 2.41. The molecular weight excluding hydrogens is 228 g/mol. The van der Waals surface area contributed by atoms with Crippen LogP contribution in [0.15, 0.2) is 36.4 Å². The molecule has 0 amide bonds. The van der Waals surface area contributed by atoms with Gasteiger partial charge in [-0.25, -0.2) is 0 Å². The maximum Gasteiger partial charge on any atom is 0.251 e. The third-order valence-corrected chi connectivity index (χ3v) is 3.16. The minimum Gasteiger partial charge on any atom is -0.395 e. The van der Waals surface area contributed by atoms with Crippen molar-refractivity contribution in [2.75, 3.05) is 0 Å². The van der Waals surface area contributed by atoms with E-state index < -0.39 is 11.6 Å². The summed E-state index contributed by atoms with van der Waals surface area (Å²) in [6.07, 6.45) is 0. The van der Waals surface area contributed by atoms with Gasteiger partial charge in [0.05, 0.1) is 11.4 Å². The van der Waals surface area contributed by atoms with Crippen LogP contribution in [0, 0.1) is 0 Å². The Kier molecular flexibility index (Phi) is 2.01. The lowest BCUT2D eigenvalue weighted by Gasteiger charge is -2.09. The largest absolute Gasteiger partial charge is 0.395 e. The first-order valence-corrected chi connectivity index (χ1v) is 5.47. The van der Waals surface area contributed by atoms with Crippen molar-refractivity contribution in [2.45, 2.75) is 0 Å².